The zero-order valence-corrected chi connectivity index (χ0v) is 11.7. The van der Waals surface area contributed by atoms with Gasteiger partial charge in [-0.25, -0.2) is 4.39 Å². The molecule has 0 aliphatic rings. The summed E-state index contributed by atoms with van der Waals surface area (Å²) in [7, 11) is 1.87. The van der Waals surface area contributed by atoms with Gasteiger partial charge in [-0.15, -0.1) is 0 Å². The molecule has 0 heterocycles. The van der Waals surface area contributed by atoms with Gasteiger partial charge in [0.1, 0.15) is 11.6 Å². The van der Waals surface area contributed by atoms with Gasteiger partial charge in [0.05, 0.1) is 5.69 Å². The second kappa shape index (κ2) is 7.40. The minimum absolute atomic E-state index is 0.149. The Labute approximate surface area is 122 Å². The first-order valence-corrected chi connectivity index (χ1v) is 6.60. The van der Waals surface area contributed by atoms with Crippen LogP contribution in [0.4, 0.5) is 10.1 Å². The number of para-hydroxylation sites is 1. The molecular weight excluding hydrogens is 271 g/mol. The predicted octanol–water partition coefficient (Wildman–Crippen LogP) is 2.56. The number of nitrogens with one attached hydrogen (secondary N) is 2. The van der Waals surface area contributed by atoms with Crippen molar-refractivity contribution in [2.45, 2.75) is 6.54 Å². The maximum absolute atomic E-state index is 13.4. The van der Waals surface area contributed by atoms with E-state index in [1.807, 2.05) is 19.2 Å². The smallest absolute Gasteiger partial charge is 0.262 e. The Kier molecular flexibility index (Phi) is 5.29. The van der Waals surface area contributed by atoms with Crippen LogP contribution < -0.4 is 15.4 Å². The highest BCUT2D eigenvalue weighted by atomic mass is 19.1. The highest BCUT2D eigenvalue weighted by molar-refractivity contribution is 5.91. The van der Waals surface area contributed by atoms with Gasteiger partial charge < -0.3 is 15.4 Å². The summed E-state index contributed by atoms with van der Waals surface area (Å²) in [6.45, 7) is 0.605. The number of rotatable bonds is 6. The molecule has 2 aromatic rings. The van der Waals surface area contributed by atoms with E-state index in [1.54, 1.807) is 24.3 Å². The quantitative estimate of drug-likeness (QED) is 0.859. The molecule has 5 heteroatoms. The van der Waals surface area contributed by atoms with Crippen LogP contribution in [0.2, 0.25) is 0 Å². The molecule has 0 saturated heterocycles. The third-order valence-electron chi connectivity index (χ3n) is 2.82. The molecule has 0 radical (unpaired) electrons. The Hall–Kier alpha value is -2.40. The average molecular weight is 288 g/mol. The number of hydrogen-bond acceptors (Lipinski definition) is 3. The number of halogens is 1. The molecule has 2 aromatic carbocycles. The molecule has 0 aromatic heterocycles. The minimum Gasteiger partial charge on any atom is -0.484 e. The van der Waals surface area contributed by atoms with E-state index >= 15 is 0 Å². The maximum atomic E-state index is 13.4. The molecule has 0 fully saturated rings. The van der Waals surface area contributed by atoms with E-state index in [4.69, 9.17) is 4.74 Å². The van der Waals surface area contributed by atoms with Crippen molar-refractivity contribution in [2.24, 2.45) is 0 Å². The van der Waals surface area contributed by atoms with Crippen molar-refractivity contribution in [3.05, 3.63) is 59.9 Å². The number of carbonyl (C=O) groups is 1. The fourth-order valence-corrected chi connectivity index (χ4v) is 1.81. The molecule has 0 spiro atoms. The molecule has 0 saturated carbocycles. The maximum Gasteiger partial charge on any atom is 0.262 e. The van der Waals surface area contributed by atoms with Crippen molar-refractivity contribution in [2.75, 3.05) is 19.0 Å². The lowest BCUT2D eigenvalue weighted by Gasteiger charge is -2.08. The monoisotopic (exact) mass is 288 g/mol. The number of anilines is 1. The van der Waals surface area contributed by atoms with Gasteiger partial charge in [0, 0.05) is 6.54 Å². The van der Waals surface area contributed by atoms with Crippen molar-refractivity contribution < 1.29 is 13.9 Å². The zero-order valence-electron chi connectivity index (χ0n) is 11.7. The van der Waals surface area contributed by atoms with E-state index in [1.165, 1.54) is 12.1 Å². The summed E-state index contributed by atoms with van der Waals surface area (Å²) < 4.78 is 18.7. The van der Waals surface area contributed by atoms with Crippen molar-refractivity contribution in [1.82, 2.24) is 5.32 Å². The Bertz CT molecular complexity index is 599. The van der Waals surface area contributed by atoms with Gasteiger partial charge in [-0.3, -0.25) is 4.79 Å². The fraction of sp³-hybridized carbons (Fsp3) is 0.188. The normalized spacial score (nSPS) is 10.2. The Morgan fingerprint density at radius 3 is 2.52 bits per heavy atom. The van der Waals surface area contributed by atoms with Gasteiger partial charge in [-0.2, -0.15) is 0 Å². The molecule has 0 aliphatic heterocycles. The molecule has 2 N–H and O–H groups in total. The number of carbonyl (C=O) groups excluding carboxylic acids is 1. The van der Waals surface area contributed by atoms with Crippen LogP contribution in [-0.2, 0) is 11.3 Å². The predicted molar refractivity (Wildman–Crippen MR) is 79.7 cm³/mol. The third kappa shape index (κ3) is 4.57. The number of ether oxygens (including phenoxy) is 1. The second-order valence-electron chi connectivity index (χ2n) is 4.49. The molecule has 2 rings (SSSR count). The van der Waals surface area contributed by atoms with E-state index < -0.39 is 11.7 Å². The minimum atomic E-state index is -0.470. The number of amides is 1. The molecule has 0 unspecified atom stereocenters. The van der Waals surface area contributed by atoms with Crippen LogP contribution in [-0.4, -0.2) is 19.6 Å². The summed E-state index contributed by atoms with van der Waals surface area (Å²) in [6, 6.07) is 13.4. The number of hydrogen-bond donors (Lipinski definition) is 2. The first-order chi connectivity index (χ1) is 10.2. The van der Waals surface area contributed by atoms with Gasteiger partial charge >= 0.3 is 0 Å². The van der Waals surface area contributed by atoms with Gasteiger partial charge in [0.15, 0.2) is 6.61 Å². The Morgan fingerprint density at radius 1 is 1.14 bits per heavy atom. The van der Waals surface area contributed by atoms with Crippen LogP contribution in [0.3, 0.4) is 0 Å². The van der Waals surface area contributed by atoms with Crippen LogP contribution in [0, 0.1) is 5.82 Å². The van der Waals surface area contributed by atoms with Crippen molar-refractivity contribution in [1.29, 1.82) is 0 Å². The average Bonchev–Trinajstić information content (AvgIpc) is 2.49. The van der Waals surface area contributed by atoms with Crippen molar-refractivity contribution >= 4 is 11.6 Å². The molecule has 1 amide bonds. The zero-order chi connectivity index (χ0) is 15.1. The van der Waals surface area contributed by atoms with Gasteiger partial charge in [-0.1, -0.05) is 24.3 Å². The molecule has 0 aliphatic carbocycles. The summed E-state index contributed by atoms with van der Waals surface area (Å²) in [5, 5.41) is 5.51. The molecule has 0 bridgehead atoms. The van der Waals surface area contributed by atoms with Crippen molar-refractivity contribution in [3.8, 4) is 5.75 Å². The van der Waals surface area contributed by atoms with E-state index in [-0.39, 0.29) is 12.3 Å². The SMILES string of the molecule is CNCc1ccc(OCC(=O)Nc2ccccc2F)cc1. The van der Waals surface area contributed by atoms with Crippen LogP contribution >= 0.6 is 0 Å². The summed E-state index contributed by atoms with van der Waals surface area (Å²) in [5.41, 5.74) is 1.27. The van der Waals surface area contributed by atoms with E-state index in [0.717, 1.165) is 12.1 Å². The van der Waals surface area contributed by atoms with E-state index in [9.17, 15) is 9.18 Å². The van der Waals surface area contributed by atoms with Gasteiger partial charge in [-0.05, 0) is 36.9 Å². The van der Waals surface area contributed by atoms with Crippen LogP contribution in [0.5, 0.6) is 5.75 Å². The third-order valence-corrected chi connectivity index (χ3v) is 2.82. The first kappa shape index (κ1) is 15.0. The standard InChI is InChI=1S/C16H17FN2O2/c1-18-10-12-6-8-13(9-7-12)21-11-16(20)19-15-5-3-2-4-14(15)17/h2-9,18H,10-11H2,1H3,(H,19,20). The molecule has 0 atom stereocenters. The van der Waals surface area contributed by atoms with Crippen LogP contribution in [0.1, 0.15) is 5.56 Å². The molecule has 21 heavy (non-hydrogen) atoms. The second-order valence-corrected chi connectivity index (χ2v) is 4.49. The summed E-state index contributed by atoms with van der Waals surface area (Å²) in [4.78, 5) is 11.7. The largest absolute Gasteiger partial charge is 0.484 e. The van der Waals surface area contributed by atoms with E-state index in [2.05, 4.69) is 10.6 Å². The van der Waals surface area contributed by atoms with Gasteiger partial charge in [0.25, 0.3) is 5.91 Å². The summed E-state index contributed by atoms with van der Waals surface area (Å²) in [5.74, 6) is -0.278. The highest BCUT2D eigenvalue weighted by Crippen LogP contribution is 2.14. The molecule has 110 valence electrons. The van der Waals surface area contributed by atoms with E-state index in [0.29, 0.717) is 5.75 Å². The van der Waals surface area contributed by atoms with Gasteiger partial charge in [0.2, 0.25) is 0 Å². The molecular formula is C16H17FN2O2. The van der Waals surface area contributed by atoms with Crippen LogP contribution in [0.25, 0.3) is 0 Å². The van der Waals surface area contributed by atoms with Crippen LogP contribution in [0.15, 0.2) is 48.5 Å². The topological polar surface area (TPSA) is 50.4 Å². The lowest BCUT2D eigenvalue weighted by molar-refractivity contribution is -0.118. The summed E-state index contributed by atoms with van der Waals surface area (Å²) >= 11 is 0. The summed E-state index contributed by atoms with van der Waals surface area (Å²) in [6.07, 6.45) is 0. The Balaban J connectivity index is 1.85. The fourth-order valence-electron chi connectivity index (χ4n) is 1.81. The number of benzene rings is 2. The lowest BCUT2D eigenvalue weighted by Crippen LogP contribution is -2.20. The first-order valence-electron chi connectivity index (χ1n) is 6.60. The lowest BCUT2D eigenvalue weighted by atomic mass is 10.2. The highest BCUT2D eigenvalue weighted by Gasteiger charge is 2.07. The van der Waals surface area contributed by atoms with Crippen molar-refractivity contribution in [3.63, 3.8) is 0 Å². The Morgan fingerprint density at radius 2 is 1.86 bits per heavy atom. The molecule has 4 nitrogen and oxygen atoms in total.